The van der Waals surface area contributed by atoms with Gasteiger partial charge in [0.2, 0.25) is 0 Å². The molecule has 0 aliphatic rings. The van der Waals surface area contributed by atoms with Crippen molar-refractivity contribution in [1.29, 1.82) is 0 Å². The molecule has 0 aliphatic heterocycles. The van der Waals surface area contributed by atoms with Crippen LogP contribution in [0.15, 0.2) is 18.2 Å². The average Bonchev–Trinajstić information content (AvgIpc) is 1.59. The van der Waals surface area contributed by atoms with Crippen molar-refractivity contribution in [3.63, 3.8) is 0 Å². The van der Waals surface area contributed by atoms with Gasteiger partial charge in [0.1, 0.15) is 0 Å². The second-order valence-corrected chi connectivity index (χ2v) is 3.09. The molecule has 0 amide bonds. The molecule has 10 heavy (non-hydrogen) atoms. The molecule has 2 unspecified atom stereocenters. The van der Waals surface area contributed by atoms with E-state index in [-0.39, 0.29) is 9.90 Å². The van der Waals surface area contributed by atoms with Gasteiger partial charge in [-0.1, -0.05) is 29.3 Å². The van der Waals surface area contributed by atoms with Gasteiger partial charge in [-0.05, 0) is 19.2 Å². The standard InChI is InChI=1S/C8H11P.H3P/c1-6-3-7(2)5-8(9)4-6;/h3-5H,9H2,1-2H3;1H3. The molecule has 0 aromatic heterocycles. The predicted molar refractivity (Wildman–Crippen MR) is 56.4 cm³/mol. The van der Waals surface area contributed by atoms with Crippen LogP contribution in [0.4, 0.5) is 0 Å². The first-order chi connectivity index (χ1) is 4.18. The third-order valence-electron chi connectivity index (χ3n) is 1.24. The molecule has 2 heteroatoms. The Morgan fingerprint density at radius 2 is 1.40 bits per heavy atom. The van der Waals surface area contributed by atoms with E-state index in [1.165, 1.54) is 16.4 Å². The van der Waals surface area contributed by atoms with Crippen LogP contribution in [0, 0.1) is 13.8 Å². The first-order valence-corrected chi connectivity index (χ1v) is 3.60. The van der Waals surface area contributed by atoms with Crippen molar-refractivity contribution < 1.29 is 0 Å². The number of hydrogen-bond donors (Lipinski definition) is 0. The Labute approximate surface area is 68.2 Å². The lowest BCUT2D eigenvalue weighted by Crippen LogP contribution is -1.91. The molecule has 0 aliphatic carbocycles. The van der Waals surface area contributed by atoms with Gasteiger partial charge in [-0.15, -0.1) is 9.24 Å². The molecule has 1 aromatic carbocycles. The number of hydrogen-bond acceptors (Lipinski definition) is 0. The van der Waals surface area contributed by atoms with E-state index in [9.17, 15) is 0 Å². The summed E-state index contributed by atoms with van der Waals surface area (Å²) in [6, 6.07) is 6.48. The Kier molecular flexibility index (Phi) is 4.09. The van der Waals surface area contributed by atoms with E-state index in [1.54, 1.807) is 0 Å². The maximum atomic E-state index is 2.70. The van der Waals surface area contributed by atoms with Crippen molar-refractivity contribution in [2.75, 3.05) is 0 Å². The molecule has 0 saturated carbocycles. The Morgan fingerprint density at radius 1 is 1.00 bits per heavy atom. The van der Waals surface area contributed by atoms with E-state index in [1.807, 2.05) is 0 Å². The van der Waals surface area contributed by atoms with Crippen LogP contribution in [-0.4, -0.2) is 0 Å². The molecule has 0 saturated heterocycles. The van der Waals surface area contributed by atoms with Gasteiger partial charge in [-0.3, -0.25) is 0 Å². The first kappa shape index (κ1) is 10.1. The summed E-state index contributed by atoms with van der Waals surface area (Å²) in [5.41, 5.74) is 2.67. The van der Waals surface area contributed by atoms with Crippen LogP contribution in [0.5, 0.6) is 0 Å². The minimum Gasteiger partial charge on any atom is -0.153 e. The molecule has 0 heterocycles. The topological polar surface area (TPSA) is 0 Å². The van der Waals surface area contributed by atoms with Gasteiger partial charge in [0.15, 0.2) is 0 Å². The van der Waals surface area contributed by atoms with E-state index in [2.05, 4.69) is 41.3 Å². The average molecular weight is 172 g/mol. The molecule has 2 atom stereocenters. The highest BCUT2D eigenvalue weighted by molar-refractivity contribution is 7.27. The van der Waals surface area contributed by atoms with Crippen molar-refractivity contribution in [2.24, 2.45) is 0 Å². The minimum atomic E-state index is 0. The van der Waals surface area contributed by atoms with E-state index < -0.39 is 0 Å². The molecule has 0 bridgehead atoms. The fourth-order valence-electron chi connectivity index (χ4n) is 1.01. The molecule has 56 valence electrons. The smallest absolute Gasteiger partial charge is 0.0297 e. The summed E-state index contributed by atoms with van der Waals surface area (Å²) in [5, 5.41) is 1.27. The predicted octanol–water partition coefficient (Wildman–Crippen LogP) is 1.86. The quantitative estimate of drug-likeness (QED) is 0.524. The number of aryl methyl sites for hydroxylation is 2. The minimum absolute atomic E-state index is 0. The molecule has 0 spiro atoms. The van der Waals surface area contributed by atoms with E-state index in [0.29, 0.717) is 0 Å². The molecule has 0 radical (unpaired) electrons. The second-order valence-electron chi connectivity index (χ2n) is 2.42. The van der Waals surface area contributed by atoms with Crippen LogP contribution in [0.1, 0.15) is 11.1 Å². The summed E-state index contributed by atoms with van der Waals surface area (Å²) in [6.07, 6.45) is 0. The Balaban J connectivity index is 0.000000810. The lowest BCUT2D eigenvalue weighted by Gasteiger charge is -1.96. The monoisotopic (exact) mass is 172 g/mol. The summed E-state index contributed by atoms with van der Waals surface area (Å²) in [4.78, 5) is 0. The van der Waals surface area contributed by atoms with Gasteiger partial charge >= 0.3 is 0 Å². The van der Waals surface area contributed by atoms with E-state index in [4.69, 9.17) is 0 Å². The summed E-state index contributed by atoms with van der Waals surface area (Å²) in [7, 11) is 2.70. The van der Waals surface area contributed by atoms with Gasteiger partial charge < -0.3 is 0 Å². The van der Waals surface area contributed by atoms with Crippen LogP contribution in [0.2, 0.25) is 0 Å². The van der Waals surface area contributed by atoms with Gasteiger partial charge in [0, 0.05) is 0 Å². The first-order valence-electron chi connectivity index (χ1n) is 3.02. The fourth-order valence-corrected chi connectivity index (χ4v) is 1.54. The van der Waals surface area contributed by atoms with Crippen LogP contribution < -0.4 is 5.30 Å². The maximum Gasteiger partial charge on any atom is -0.0297 e. The van der Waals surface area contributed by atoms with Crippen molar-refractivity contribution in [1.82, 2.24) is 0 Å². The zero-order valence-electron chi connectivity index (χ0n) is 6.52. The van der Waals surface area contributed by atoms with Crippen LogP contribution in [-0.2, 0) is 0 Å². The second kappa shape index (κ2) is 4.06. The van der Waals surface area contributed by atoms with Crippen LogP contribution in [0.25, 0.3) is 0 Å². The fraction of sp³-hybridized carbons (Fsp3) is 0.250. The molecule has 0 nitrogen and oxygen atoms in total. The normalized spacial score (nSPS) is 8.70. The van der Waals surface area contributed by atoms with Gasteiger partial charge in [-0.25, -0.2) is 0 Å². The molecule has 0 fully saturated rings. The molecular formula is C8H14P2. The zero-order valence-corrected chi connectivity index (χ0v) is 9.09. The third kappa shape index (κ3) is 2.78. The lowest BCUT2D eigenvalue weighted by atomic mass is 10.2. The van der Waals surface area contributed by atoms with E-state index in [0.717, 1.165) is 0 Å². The molecule has 1 aromatic rings. The Hall–Kier alpha value is 0.0800. The lowest BCUT2D eigenvalue weighted by molar-refractivity contribution is 1.41. The van der Waals surface area contributed by atoms with Crippen molar-refractivity contribution in [2.45, 2.75) is 13.8 Å². The maximum absolute atomic E-state index is 2.70. The third-order valence-corrected chi connectivity index (χ3v) is 1.58. The Bertz CT molecular complexity index is 168. The highest BCUT2D eigenvalue weighted by Gasteiger charge is 1.87. The molecular weight excluding hydrogens is 158 g/mol. The summed E-state index contributed by atoms with van der Waals surface area (Å²) < 4.78 is 0. The SMILES string of the molecule is Cc1cc(C)cc(P)c1.P. The van der Waals surface area contributed by atoms with E-state index >= 15 is 0 Å². The van der Waals surface area contributed by atoms with Gasteiger partial charge in [0.05, 0.1) is 0 Å². The van der Waals surface area contributed by atoms with Crippen molar-refractivity contribution in [3.8, 4) is 0 Å². The van der Waals surface area contributed by atoms with Crippen LogP contribution >= 0.6 is 19.1 Å². The highest BCUT2D eigenvalue weighted by atomic mass is 31.0. The summed E-state index contributed by atoms with van der Waals surface area (Å²) in [5.74, 6) is 0. The molecule has 1 rings (SSSR count). The van der Waals surface area contributed by atoms with Crippen molar-refractivity contribution in [3.05, 3.63) is 29.3 Å². The zero-order chi connectivity index (χ0) is 6.85. The van der Waals surface area contributed by atoms with Gasteiger partial charge in [-0.2, -0.15) is 9.90 Å². The summed E-state index contributed by atoms with van der Waals surface area (Å²) >= 11 is 0. The number of rotatable bonds is 0. The van der Waals surface area contributed by atoms with Gasteiger partial charge in [0.25, 0.3) is 0 Å². The largest absolute Gasteiger partial charge is 0.153 e. The van der Waals surface area contributed by atoms with Crippen molar-refractivity contribution >= 4 is 24.4 Å². The molecule has 0 N–H and O–H groups in total. The summed E-state index contributed by atoms with van der Waals surface area (Å²) in [6.45, 7) is 4.22. The highest BCUT2D eigenvalue weighted by Crippen LogP contribution is 2.01. The Morgan fingerprint density at radius 3 is 1.70 bits per heavy atom. The number of benzene rings is 1. The van der Waals surface area contributed by atoms with Crippen LogP contribution in [0.3, 0.4) is 0 Å².